The van der Waals surface area contributed by atoms with Crippen molar-refractivity contribution in [2.45, 2.75) is 31.8 Å². The molecule has 19 heavy (non-hydrogen) atoms. The summed E-state index contributed by atoms with van der Waals surface area (Å²) >= 11 is 1.72. The normalized spacial score (nSPS) is 20.5. The lowest BCUT2D eigenvalue weighted by molar-refractivity contribution is 0.138. The van der Waals surface area contributed by atoms with Gasteiger partial charge in [0, 0.05) is 29.9 Å². The number of H-pyrrole nitrogens is 1. The highest BCUT2D eigenvalue weighted by atomic mass is 32.1. The van der Waals surface area contributed by atoms with E-state index in [-0.39, 0.29) is 5.56 Å². The van der Waals surface area contributed by atoms with Crippen LogP contribution in [0, 0.1) is 0 Å². The molecule has 0 radical (unpaired) electrons. The van der Waals surface area contributed by atoms with E-state index in [0.717, 1.165) is 25.2 Å². The Balaban J connectivity index is 1.79. The van der Waals surface area contributed by atoms with Crippen molar-refractivity contribution < 1.29 is 0 Å². The molecule has 0 bridgehead atoms. The van der Waals surface area contributed by atoms with Gasteiger partial charge in [-0.25, -0.2) is 4.98 Å². The third-order valence-electron chi connectivity index (χ3n) is 3.55. The Morgan fingerprint density at radius 2 is 2.37 bits per heavy atom. The highest BCUT2D eigenvalue weighted by Gasteiger charge is 2.25. The lowest BCUT2D eigenvalue weighted by Crippen LogP contribution is -2.33. The molecule has 0 saturated carbocycles. The fourth-order valence-corrected chi connectivity index (χ4v) is 3.47. The van der Waals surface area contributed by atoms with E-state index in [0.29, 0.717) is 6.04 Å². The Morgan fingerprint density at radius 1 is 1.42 bits per heavy atom. The van der Waals surface area contributed by atoms with E-state index in [1.165, 1.54) is 17.8 Å². The Morgan fingerprint density at radius 3 is 3.16 bits per heavy atom. The van der Waals surface area contributed by atoms with E-state index in [1.807, 2.05) is 23.7 Å². The van der Waals surface area contributed by atoms with Crippen LogP contribution in [0.2, 0.25) is 0 Å². The summed E-state index contributed by atoms with van der Waals surface area (Å²) < 4.78 is 0. The molecule has 0 aliphatic carbocycles. The predicted octanol–water partition coefficient (Wildman–Crippen LogP) is 2.56. The summed E-state index contributed by atoms with van der Waals surface area (Å²) in [6.45, 7) is 1.86. The van der Waals surface area contributed by atoms with Gasteiger partial charge in [-0.2, -0.15) is 0 Å². The lowest BCUT2D eigenvalue weighted by atomic mass is 10.0. The molecule has 0 amide bonds. The third-order valence-corrected chi connectivity index (χ3v) is 4.43. The predicted molar refractivity (Wildman–Crippen MR) is 76.2 cm³/mol. The molecule has 2 aromatic heterocycles. The summed E-state index contributed by atoms with van der Waals surface area (Å²) in [6.07, 6.45) is 5.51. The first-order valence-corrected chi connectivity index (χ1v) is 7.52. The van der Waals surface area contributed by atoms with Crippen molar-refractivity contribution in [1.29, 1.82) is 0 Å². The fourth-order valence-electron chi connectivity index (χ4n) is 2.66. The molecule has 0 spiro atoms. The van der Waals surface area contributed by atoms with E-state index < -0.39 is 0 Å². The summed E-state index contributed by atoms with van der Waals surface area (Å²) in [5.41, 5.74) is 0.955. The average Bonchev–Trinajstić information content (AvgIpc) is 2.93. The zero-order valence-electron chi connectivity index (χ0n) is 10.7. The summed E-state index contributed by atoms with van der Waals surface area (Å²) in [6, 6.07) is 5.75. The fraction of sp³-hybridized carbons (Fsp3) is 0.429. The van der Waals surface area contributed by atoms with E-state index in [9.17, 15) is 4.79 Å². The molecule has 4 nitrogen and oxygen atoms in total. The molecule has 1 N–H and O–H groups in total. The number of rotatable bonds is 3. The molecule has 1 saturated heterocycles. The zero-order chi connectivity index (χ0) is 13.1. The minimum Gasteiger partial charge on any atom is -0.325 e. The van der Waals surface area contributed by atoms with E-state index in [1.54, 1.807) is 17.4 Å². The summed E-state index contributed by atoms with van der Waals surface area (Å²) in [5, 5.41) is 3.23. The second kappa shape index (κ2) is 5.67. The van der Waals surface area contributed by atoms with Crippen LogP contribution in [-0.2, 0) is 6.54 Å². The second-order valence-corrected chi connectivity index (χ2v) is 5.82. The van der Waals surface area contributed by atoms with Gasteiger partial charge in [0.05, 0.1) is 6.04 Å². The highest BCUT2D eigenvalue weighted by Crippen LogP contribution is 2.32. The van der Waals surface area contributed by atoms with Crippen LogP contribution in [0.3, 0.4) is 0 Å². The molecule has 1 atom stereocenters. The molecule has 100 valence electrons. The smallest absolute Gasteiger partial charge is 0.248 e. The molecule has 0 aromatic carbocycles. The Labute approximate surface area is 116 Å². The van der Waals surface area contributed by atoms with Crippen molar-refractivity contribution in [3.63, 3.8) is 0 Å². The van der Waals surface area contributed by atoms with Gasteiger partial charge in [-0.15, -0.1) is 11.3 Å². The number of pyridine rings is 1. The number of nitrogens with one attached hydrogen (secondary N) is 1. The molecule has 1 unspecified atom stereocenters. The van der Waals surface area contributed by atoms with Crippen LogP contribution in [-0.4, -0.2) is 21.4 Å². The van der Waals surface area contributed by atoms with Gasteiger partial charge in [-0.1, -0.05) is 12.5 Å². The molecule has 3 rings (SSSR count). The Kier molecular flexibility index (Phi) is 3.75. The largest absolute Gasteiger partial charge is 0.325 e. The average molecular weight is 275 g/mol. The molecule has 5 heteroatoms. The first kappa shape index (κ1) is 12.6. The van der Waals surface area contributed by atoms with Crippen LogP contribution in [0.15, 0.2) is 34.6 Å². The third kappa shape index (κ3) is 2.93. The quantitative estimate of drug-likeness (QED) is 0.936. The van der Waals surface area contributed by atoms with Crippen molar-refractivity contribution in [1.82, 2.24) is 14.9 Å². The van der Waals surface area contributed by atoms with Gasteiger partial charge in [0.25, 0.3) is 0 Å². The van der Waals surface area contributed by atoms with Crippen LogP contribution in [0.4, 0.5) is 0 Å². The van der Waals surface area contributed by atoms with Crippen molar-refractivity contribution >= 4 is 11.3 Å². The molecule has 1 fully saturated rings. The van der Waals surface area contributed by atoms with Gasteiger partial charge in [-0.05, 0) is 25.5 Å². The molecule has 3 heterocycles. The Hall–Kier alpha value is -1.46. The van der Waals surface area contributed by atoms with E-state index >= 15 is 0 Å². The number of nitrogens with zero attached hydrogens (tertiary/aromatic N) is 2. The first-order chi connectivity index (χ1) is 9.33. The number of likely N-dealkylation sites (tertiary alicyclic amines) is 1. The Bertz CT molecular complexity index is 578. The summed E-state index contributed by atoms with van der Waals surface area (Å²) in [5.74, 6) is 0. The molecule has 1 aliphatic heterocycles. The van der Waals surface area contributed by atoms with Crippen LogP contribution in [0.1, 0.15) is 36.0 Å². The van der Waals surface area contributed by atoms with Gasteiger partial charge in [0.15, 0.2) is 0 Å². The molecule has 2 aromatic rings. The lowest BCUT2D eigenvalue weighted by Gasteiger charge is -2.34. The zero-order valence-corrected chi connectivity index (χ0v) is 11.5. The van der Waals surface area contributed by atoms with Crippen molar-refractivity contribution in [3.05, 3.63) is 50.8 Å². The maximum atomic E-state index is 11.4. The van der Waals surface area contributed by atoms with E-state index in [4.69, 9.17) is 0 Å². The van der Waals surface area contributed by atoms with Gasteiger partial charge < -0.3 is 4.98 Å². The maximum Gasteiger partial charge on any atom is 0.248 e. The molecular formula is C14H17N3OS. The number of piperidine rings is 1. The number of aromatic amines is 1. The highest BCUT2D eigenvalue weighted by molar-refractivity contribution is 7.09. The van der Waals surface area contributed by atoms with Crippen LogP contribution in [0.5, 0.6) is 0 Å². The molecule has 1 aliphatic rings. The van der Waals surface area contributed by atoms with Crippen LogP contribution >= 0.6 is 11.3 Å². The number of aromatic nitrogens is 2. The minimum absolute atomic E-state index is 0.0275. The first-order valence-electron chi connectivity index (χ1n) is 6.64. The maximum absolute atomic E-state index is 11.4. The van der Waals surface area contributed by atoms with E-state index in [2.05, 4.69) is 14.9 Å². The van der Waals surface area contributed by atoms with Crippen LogP contribution < -0.4 is 5.56 Å². The van der Waals surface area contributed by atoms with Gasteiger partial charge in [0.2, 0.25) is 5.56 Å². The van der Waals surface area contributed by atoms with Crippen molar-refractivity contribution in [2.75, 3.05) is 6.54 Å². The van der Waals surface area contributed by atoms with Crippen molar-refractivity contribution in [3.8, 4) is 0 Å². The topological polar surface area (TPSA) is 49.0 Å². The number of hydrogen-bond acceptors (Lipinski definition) is 4. The monoisotopic (exact) mass is 275 g/mol. The standard InChI is InChI=1S/C14H17N3OS/c18-13-6-3-4-11(16-13)10-17-8-2-1-5-12(17)14-15-7-9-19-14/h3-4,6-7,9,12H,1-2,5,8,10H2,(H,16,18). The van der Waals surface area contributed by atoms with Gasteiger partial charge >= 0.3 is 0 Å². The number of hydrogen-bond donors (Lipinski definition) is 1. The summed E-state index contributed by atoms with van der Waals surface area (Å²) in [4.78, 5) is 21.1. The minimum atomic E-state index is -0.0275. The van der Waals surface area contributed by atoms with Gasteiger partial charge in [-0.3, -0.25) is 9.69 Å². The van der Waals surface area contributed by atoms with Crippen LogP contribution in [0.25, 0.3) is 0 Å². The SMILES string of the molecule is O=c1cccc(CN2CCCCC2c2nccs2)[nH]1. The summed E-state index contributed by atoms with van der Waals surface area (Å²) in [7, 11) is 0. The van der Waals surface area contributed by atoms with Gasteiger partial charge in [0.1, 0.15) is 5.01 Å². The van der Waals surface area contributed by atoms with Crippen molar-refractivity contribution in [2.24, 2.45) is 0 Å². The second-order valence-electron chi connectivity index (χ2n) is 4.89. The molecular weight excluding hydrogens is 258 g/mol. The number of thiazole rings is 1.